The van der Waals surface area contributed by atoms with Crippen LogP contribution < -0.4 is 0 Å². The fraction of sp³-hybridized carbons (Fsp3) is 0.0769. The van der Waals surface area contributed by atoms with Crippen LogP contribution in [0.25, 0.3) is 11.3 Å². The van der Waals surface area contributed by atoms with Gasteiger partial charge in [-0.2, -0.15) is 18.4 Å². The van der Waals surface area contributed by atoms with Gasteiger partial charge in [0.05, 0.1) is 16.8 Å². The Morgan fingerprint density at radius 2 is 1.84 bits per heavy atom. The van der Waals surface area contributed by atoms with Crippen LogP contribution in [-0.4, -0.2) is 4.98 Å². The van der Waals surface area contributed by atoms with Gasteiger partial charge in [0.2, 0.25) is 0 Å². The maximum Gasteiger partial charge on any atom is 0.419 e. The molecule has 2 nitrogen and oxygen atoms in total. The van der Waals surface area contributed by atoms with E-state index >= 15 is 0 Å². The zero-order chi connectivity index (χ0) is 14.0. The van der Waals surface area contributed by atoms with Gasteiger partial charge in [0.15, 0.2) is 0 Å². The molecule has 96 valence electrons. The van der Waals surface area contributed by atoms with Crippen molar-refractivity contribution in [2.24, 2.45) is 0 Å². The van der Waals surface area contributed by atoms with E-state index in [1.54, 1.807) is 0 Å². The lowest BCUT2D eigenvalue weighted by molar-refractivity contribution is -0.139. The van der Waals surface area contributed by atoms with Gasteiger partial charge in [-0.25, -0.2) is 4.39 Å². The topological polar surface area (TPSA) is 36.7 Å². The van der Waals surface area contributed by atoms with Crippen LogP contribution in [0.2, 0.25) is 0 Å². The minimum Gasteiger partial charge on any atom is -0.255 e. The largest absolute Gasteiger partial charge is 0.419 e. The van der Waals surface area contributed by atoms with Crippen LogP contribution in [0.3, 0.4) is 0 Å². The number of nitrogens with zero attached hydrogens (tertiary/aromatic N) is 2. The van der Waals surface area contributed by atoms with Crippen molar-refractivity contribution in [3.05, 3.63) is 53.5 Å². The second kappa shape index (κ2) is 4.69. The molecular formula is C13H6F4N2. The van der Waals surface area contributed by atoms with Crippen molar-refractivity contribution in [2.45, 2.75) is 6.18 Å². The Morgan fingerprint density at radius 3 is 2.32 bits per heavy atom. The van der Waals surface area contributed by atoms with Gasteiger partial charge in [-0.15, -0.1) is 0 Å². The highest BCUT2D eigenvalue weighted by Gasteiger charge is 2.33. The highest BCUT2D eigenvalue weighted by atomic mass is 19.4. The number of hydrogen-bond donors (Lipinski definition) is 0. The number of rotatable bonds is 1. The van der Waals surface area contributed by atoms with E-state index in [-0.39, 0.29) is 5.56 Å². The molecule has 0 fully saturated rings. The monoisotopic (exact) mass is 266 g/mol. The fourth-order valence-corrected chi connectivity index (χ4v) is 1.54. The quantitative estimate of drug-likeness (QED) is 0.736. The zero-order valence-electron chi connectivity index (χ0n) is 9.37. The van der Waals surface area contributed by atoms with Crippen molar-refractivity contribution in [1.82, 2.24) is 4.98 Å². The molecule has 2 aromatic rings. The minimum atomic E-state index is -4.72. The predicted molar refractivity (Wildman–Crippen MR) is 59.3 cm³/mol. The Balaban J connectivity index is 2.42. The Hall–Kier alpha value is -2.42. The summed E-state index contributed by atoms with van der Waals surface area (Å²) in [5, 5.41) is 8.59. The normalized spacial score (nSPS) is 11.1. The van der Waals surface area contributed by atoms with Gasteiger partial charge in [0, 0.05) is 11.8 Å². The molecule has 0 saturated heterocycles. The van der Waals surface area contributed by atoms with Crippen LogP contribution in [0.15, 0.2) is 36.5 Å². The first-order chi connectivity index (χ1) is 8.91. The van der Waals surface area contributed by atoms with E-state index in [4.69, 9.17) is 5.26 Å². The highest BCUT2D eigenvalue weighted by molar-refractivity contribution is 5.60. The molecule has 0 amide bonds. The number of pyridine rings is 1. The molecule has 0 aliphatic heterocycles. The molecule has 0 aliphatic rings. The highest BCUT2D eigenvalue weighted by Crippen LogP contribution is 2.33. The molecule has 6 heteroatoms. The standard InChI is InChI=1S/C13H6F4N2/c14-11-5-9(2-3-10(11)13(15,16)17)12-4-1-8(6-18)7-19-12/h1-5,7H. The van der Waals surface area contributed by atoms with Crippen LogP contribution >= 0.6 is 0 Å². The molecular weight excluding hydrogens is 260 g/mol. The molecule has 1 aromatic heterocycles. The molecule has 0 radical (unpaired) electrons. The van der Waals surface area contributed by atoms with Crippen LogP contribution in [0.1, 0.15) is 11.1 Å². The van der Waals surface area contributed by atoms with Gasteiger partial charge in [-0.1, -0.05) is 6.07 Å². The van der Waals surface area contributed by atoms with Crippen molar-refractivity contribution < 1.29 is 17.6 Å². The summed E-state index contributed by atoms with van der Waals surface area (Å²) in [6, 6.07) is 7.35. The van der Waals surface area contributed by atoms with Crippen molar-refractivity contribution >= 4 is 0 Å². The SMILES string of the molecule is N#Cc1ccc(-c2ccc(C(F)(F)F)c(F)c2)nc1. The zero-order valence-corrected chi connectivity index (χ0v) is 9.37. The van der Waals surface area contributed by atoms with Gasteiger partial charge >= 0.3 is 6.18 Å². The van der Waals surface area contributed by atoms with Crippen molar-refractivity contribution in [3.63, 3.8) is 0 Å². The summed E-state index contributed by atoms with van der Waals surface area (Å²) in [6.45, 7) is 0. The maximum absolute atomic E-state index is 13.4. The van der Waals surface area contributed by atoms with E-state index in [1.807, 2.05) is 6.07 Å². The third-order valence-corrected chi connectivity index (χ3v) is 2.46. The number of benzene rings is 1. The summed E-state index contributed by atoms with van der Waals surface area (Å²) in [4.78, 5) is 3.88. The van der Waals surface area contributed by atoms with Gasteiger partial charge in [-0.3, -0.25) is 4.98 Å². The molecule has 19 heavy (non-hydrogen) atoms. The third-order valence-electron chi connectivity index (χ3n) is 2.46. The second-order valence-electron chi connectivity index (χ2n) is 3.74. The Morgan fingerprint density at radius 1 is 1.11 bits per heavy atom. The summed E-state index contributed by atoms with van der Waals surface area (Å²) < 4.78 is 50.5. The van der Waals surface area contributed by atoms with E-state index in [9.17, 15) is 17.6 Å². The number of aromatic nitrogens is 1. The molecule has 1 heterocycles. The Labute approximate surface area is 105 Å². The molecule has 0 saturated carbocycles. The molecule has 0 atom stereocenters. The third kappa shape index (κ3) is 2.71. The molecule has 2 rings (SSSR count). The van der Waals surface area contributed by atoms with E-state index in [0.717, 1.165) is 12.1 Å². The first-order valence-corrected chi connectivity index (χ1v) is 5.15. The fourth-order valence-electron chi connectivity index (χ4n) is 1.54. The maximum atomic E-state index is 13.4. The lowest BCUT2D eigenvalue weighted by atomic mass is 10.1. The van der Waals surface area contributed by atoms with Gasteiger partial charge < -0.3 is 0 Å². The van der Waals surface area contributed by atoms with Crippen molar-refractivity contribution in [3.8, 4) is 17.3 Å². The lowest BCUT2D eigenvalue weighted by Crippen LogP contribution is -2.07. The van der Waals surface area contributed by atoms with Gasteiger partial charge in [-0.05, 0) is 24.3 Å². The smallest absolute Gasteiger partial charge is 0.255 e. The molecule has 0 spiro atoms. The second-order valence-corrected chi connectivity index (χ2v) is 3.74. The van der Waals surface area contributed by atoms with E-state index in [1.165, 1.54) is 18.3 Å². The predicted octanol–water partition coefficient (Wildman–Crippen LogP) is 3.78. The molecule has 0 aliphatic carbocycles. The number of hydrogen-bond acceptors (Lipinski definition) is 2. The van der Waals surface area contributed by atoms with Crippen molar-refractivity contribution in [1.29, 1.82) is 5.26 Å². The van der Waals surface area contributed by atoms with Crippen LogP contribution in [0, 0.1) is 17.1 Å². The summed E-state index contributed by atoms with van der Waals surface area (Å²) in [7, 11) is 0. The van der Waals surface area contributed by atoms with E-state index in [2.05, 4.69) is 4.98 Å². The van der Waals surface area contributed by atoms with Gasteiger partial charge in [0.1, 0.15) is 11.9 Å². The Bertz CT molecular complexity index is 639. The first kappa shape index (κ1) is 13.0. The van der Waals surface area contributed by atoms with Crippen LogP contribution in [0.5, 0.6) is 0 Å². The first-order valence-electron chi connectivity index (χ1n) is 5.15. The molecule has 1 aromatic carbocycles. The summed E-state index contributed by atoms with van der Waals surface area (Å²) in [5.74, 6) is -1.35. The van der Waals surface area contributed by atoms with Crippen molar-refractivity contribution in [2.75, 3.05) is 0 Å². The van der Waals surface area contributed by atoms with E-state index in [0.29, 0.717) is 17.3 Å². The molecule has 0 unspecified atom stereocenters. The van der Waals surface area contributed by atoms with Crippen LogP contribution in [0.4, 0.5) is 17.6 Å². The Kier molecular flexibility index (Phi) is 3.21. The molecule has 0 N–H and O–H groups in total. The number of halogens is 4. The number of nitriles is 1. The lowest BCUT2D eigenvalue weighted by Gasteiger charge is -2.09. The summed E-state index contributed by atoms with van der Waals surface area (Å²) >= 11 is 0. The average molecular weight is 266 g/mol. The molecule has 0 bridgehead atoms. The van der Waals surface area contributed by atoms with Crippen LogP contribution in [-0.2, 0) is 6.18 Å². The summed E-state index contributed by atoms with van der Waals surface area (Å²) in [5.41, 5.74) is -0.484. The minimum absolute atomic E-state index is 0.218. The van der Waals surface area contributed by atoms with Gasteiger partial charge in [0.25, 0.3) is 0 Å². The summed E-state index contributed by atoms with van der Waals surface area (Å²) in [6.07, 6.45) is -3.45. The average Bonchev–Trinajstić information content (AvgIpc) is 2.37. The number of alkyl halides is 3. The van der Waals surface area contributed by atoms with E-state index < -0.39 is 17.6 Å².